The Bertz CT molecular complexity index is 229. The van der Waals surface area contributed by atoms with Crippen LogP contribution in [-0.2, 0) is 9.47 Å². The third-order valence-corrected chi connectivity index (χ3v) is 4.62. The van der Waals surface area contributed by atoms with Crippen LogP contribution in [0.25, 0.3) is 0 Å². The van der Waals surface area contributed by atoms with Crippen LogP contribution in [0.15, 0.2) is 0 Å². The normalized spacial score (nSPS) is 37.7. The van der Waals surface area contributed by atoms with Crippen molar-refractivity contribution in [3.05, 3.63) is 0 Å². The van der Waals surface area contributed by atoms with Crippen LogP contribution in [0, 0.1) is 5.92 Å². The monoisotopic (exact) mass is 255 g/mol. The predicted octanol–water partition coefficient (Wildman–Crippen LogP) is 2.74. The molecule has 106 valence electrons. The van der Waals surface area contributed by atoms with E-state index in [0.29, 0.717) is 18.2 Å². The summed E-state index contributed by atoms with van der Waals surface area (Å²) >= 11 is 0. The molecule has 2 rings (SSSR count). The van der Waals surface area contributed by atoms with Gasteiger partial charge in [0.15, 0.2) is 0 Å². The van der Waals surface area contributed by atoms with Crippen LogP contribution in [0.4, 0.5) is 0 Å². The zero-order valence-electron chi connectivity index (χ0n) is 12.0. The predicted molar refractivity (Wildman–Crippen MR) is 73.8 cm³/mol. The van der Waals surface area contributed by atoms with Crippen LogP contribution in [-0.4, -0.2) is 38.5 Å². The van der Waals surface area contributed by atoms with Crippen molar-refractivity contribution in [3.8, 4) is 0 Å². The summed E-state index contributed by atoms with van der Waals surface area (Å²) in [6, 6.07) is 0.538. The first-order valence-corrected chi connectivity index (χ1v) is 7.74. The summed E-state index contributed by atoms with van der Waals surface area (Å²) in [6.45, 7) is 4.01. The minimum Gasteiger partial charge on any atom is -0.376 e. The van der Waals surface area contributed by atoms with Crippen molar-refractivity contribution >= 4 is 0 Å². The van der Waals surface area contributed by atoms with E-state index < -0.39 is 0 Å². The molecule has 1 N–H and O–H groups in total. The standard InChI is InChI=1S/C15H29NO2/c1-3-12-7-8-14(16-2)15(10-12)18-11-13-6-4-5-9-17-13/h12-16H,3-11H2,1-2H3. The third kappa shape index (κ3) is 3.94. The second-order valence-electron chi connectivity index (χ2n) is 5.84. The summed E-state index contributed by atoms with van der Waals surface area (Å²) in [5.41, 5.74) is 0. The molecule has 0 spiro atoms. The lowest BCUT2D eigenvalue weighted by molar-refractivity contribution is -0.0825. The van der Waals surface area contributed by atoms with Gasteiger partial charge in [-0.3, -0.25) is 0 Å². The van der Waals surface area contributed by atoms with Gasteiger partial charge in [0, 0.05) is 12.6 Å². The van der Waals surface area contributed by atoms with Gasteiger partial charge in [-0.25, -0.2) is 0 Å². The molecular weight excluding hydrogens is 226 g/mol. The topological polar surface area (TPSA) is 30.5 Å². The quantitative estimate of drug-likeness (QED) is 0.819. The maximum atomic E-state index is 6.17. The molecule has 0 aromatic rings. The first-order valence-electron chi connectivity index (χ1n) is 7.74. The number of likely N-dealkylation sites (N-methyl/N-ethyl adjacent to an activating group) is 1. The highest BCUT2D eigenvalue weighted by molar-refractivity contribution is 4.85. The summed E-state index contributed by atoms with van der Waals surface area (Å²) in [6.07, 6.45) is 9.53. The average Bonchev–Trinajstić information content (AvgIpc) is 2.45. The lowest BCUT2D eigenvalue weighted by Gasteiger charge is -2.36. The Hall–Kier alpha value is -0.120. The molecule has 1 aliphatic carbocycles. The van der Waals surface area contributed by atoms with Gasteiger partial charge >= 0.3 is 0 Å². The van der Waals surface area contributed by atoms with E-state index in [1.807, 2.05) is 0 Å². The molecule has 0 aromatic carbocycles. The van der Waals surface area contributed by atoms with Gasteiger partial charge in [0.25, 0.3) is 0 Å². The van der Waals surface area contributed by atoms with Crippen LogP contribution >= 0.6 is 0 Å². The fourth-order valence-electron chi connectivity index (χ4n) is 3.27. The van der Waals surface area contributed by atoms with E-state index in [0.717, 1.165) is 19.1 Å². The summed E-state index contributed by atoms with van der Waals surface area (Å²) in [4.78, 5) is 0. The molecule has 0 aromatic heterocycles. The van der Waals surface area contributed by atoms with E-state index in [1.165, 1.54) is 44.9 Å². The molecule has 3 heteroatoms. The van der Waals surface area contributed by atoms with Crippen LogP contribution in [0.1, 0.15) is 51.9 Å². The SMILES string of the molecule is CCC1CCC(NC)C(OCC2CCCCO2)C1. The second-order valence-corrected chi connectivity index (χ2v) is 5.84. The maximum absolute atomic E-state index is 6.17. The Balaban J connectivity index is 1.76. The van der Waals surface area contributed by atoms with Gasteiger partial charge in [-0.15, -0.1) is 0 Å². The highest BCUT2D eigenvalue weighted by Crippen LogP contribution is 2.29. The van der Waals surface area contributed by atoms with E-state index in [9.17, 15) is 0 Å². The van der Waals surface area contributed by atoms with Crippen LogP contribution < -0.4 is 5.32 Å². The first kappa shape index (κ1) is 14.3. The van der Waals surface area contributed by atoms with Crippen molar-refractivity contribution in [1.29, 1.82) is 0 Å². The van der Waals surface area contributed by atoms with Gasteiger partial charge in [-0.2, -0.15) is 0 Å². The summed E-state index contributed by atoms with van der Waals surface area (Å²) in [7, 11) is 2.06. The molecule has 1 saturated carbocycles. The van der Waals surface area contributed by atoms with Gasteiger partial charge in [0.1, 0.15) is 0 Å². The molecule has 18 heavy (non-hydrogen) atoms. The van der Waals surface area contributed by atoms with Gasteiger partial charge in [0.05, 0.1) is 18.8 Å². The summed E-state index contributed by atoms with van der Waals surface area (Å²) in [5.74, 6) is 0.854. The second kappa shape index (κ2) is 7.46. The molecule has 2 aliphatic rings. The fourth-order valence-corrected chi connectivity index (χ4v) is 3.27. The zero-order valence-corrected chi connectivity index (χ0v) is 12.0. The van der Waals surface area contributed by atoms with Crippen molar-refractivity contribution in [1.82, 2.24) is 5.32 Å². The zero-order chi connectivity index (χ0) is 12.8. The molecule has 4 atom stereocenters. The van der Waals surface area contributed by atoms with E-state index >= 15 is 0 Å². The smallest absolute Gasteiger partial charge is 0.0808 e. The van der Waals surface area contributed by atoms with Crippen molar-refractivity contribution in [3.63, 3.8) is 0 Å². The first-order chi connectivity index (χ1) is 8.83. The number of hydrogen-bond acceptors (Lipinski definition) is 3. The van der Waals surface area contributed by atoms with Gasteiger partial charge in [0.2, 0.25) is 0 Å². The molecular formula is C15H29NO2. The Morgan fingerprint density at radius 1 is 1.22 bits per heavy atom. The lowest BCUT2D eigenvalue weighted by atomic mass is 9.82. The van der Waals surface area contributed by atoms with Crippen LogP contribution in [0.2, 0.25) is 0 Å². The molecule has 1 aliphatic heterocycles. The fraction of sp³-hybridized carbons (Fsp3) is 1.00. The highest BCUT2D eigenvalue weighted by atomic mass is 16.5. The van der Waals surface area contributed by atoms with E-state index in [-0.39, 0.29) is 0 Å². The number of rotatable bonds is 5. The molecule has 0 amide bonds. The van der Waals surface area contributed by atoms with Crippen molar-refractivity contribution in [2.75, 3.05) is 20.3 Å². The van der Waals surface area contributed by atoms with E-state index in [1.54, 1.807) is 0 Å². The minimum absolute atomic E-state index is 0.346. The van der Waals surface area contributed by atoms with Gasteiger partial charge in [-0.05, 0) is 51.5 Å². The van der Waals surface area contributed by atoms with Crippen molar-refractivity contribution in [2.45, 2.75) is 70.1 Å². The molecule has 1 heterocycles. The highest BCUT2D eigenvalue weighted by Gasteiger charge is 2.30. The minimum atomic E-state index is 0.346. The number of ether oxygens (including phenoxy) is 2. The van der Waals surface area contributed by atoms with E-state index in [4.69, 9.17) is 9.47 Å². The number of nitrogens with one attached hydrogen (secondary N) is 1. The molecule has 0 bridgehead atoms. The summed E-state index contributed by atoms with van der Waals surface area (Å²) in [5, 5.41) is 3.42. The van der Waals surface area contributed by atoms with Crippen molar-refractivity contribution < 1.29 is 9.47 Å². The largest absolute Gasteiger partial charge is 0.376 e. The van der Waals surface area contributed by atoms with E-state index in [2.05, 4.69) is 19.3 Å². The lowest BCUT2D eigenvalue weighted by Crippen LogP contribution is -2.45. The third-order valence-electron chi connectivity index (χ3n) is 4.62. The maximum Gasteiger partial charge on any atom is 0.0808 e. The number of hydrogen-bond donors (Lipinski definition) is 1. The average molecular weight is 255 g/mol. The Morgan fingerprint density at radius 2 is 2.11 bits per heavy atom. The summed E-state index contributed by atoms with van der Waals surface area (Å²) < 4.78 is 11.9. The van der Waals surface area contributed by atoms with Crippen molar-refractivity contribution in [2.24, 2.45) is 5.92 Å². The van der Waals surface area contributed by atoms with Crippen LogP contribution in [0.3, 0.4) is 0 Å². The van der Waals surface area contributed by atoms with Gasteiger partial charge in [-0.1, -0.05) is 13.3 Å². The Kier molecular flexibility index (Phi) is 5.93. The Morgan fingerprint density at radius 3 is 2.78 bits per heavy atom. The van der Waals surface area contributed by atoms with Crippen LogP contribution in [0.5, 0.6) is 0 Å². The van der Waals surface area contributed by atoms with Gasteiger partial charge < -0.3 is 14.8 Å². The molecule has 0 radical (unpaired) electrons. The Labute approximate surface area is 112 Å². The molecule has 4 unspecified atom stereocenters. The molecule has 3 nitrogen and oxygen atoms in total. The molecule has 1 saturated heterocycles. The molecule has 2 fully saturated rings.